The third-order valence-corrected chi connectivity index (χ3v) is 9.52. The number of ether oxygens (including phenoxy) is 1. The summed E-state index contributed by atoms with van der Waals surface area (Å²) in [5.41, 5.74) is 7.48. The number of rotatable bonds is 8. The maximum atomic E-state index is 15.8. The van der Waals surface area contributed by atoms with Crippen molar-refractivity contribution in [2.75, 3.05) is 62.9 Å². The quantitative estimate of drug-likeness (QED) is 0.350. The van der Waals surface area contributed by atoms with Gasteiger partial charge in [-0.15, -0.1) is 5.10 Å². The van der Waals surface area contributed by atoms with Gasteiger partial charge in [0.25, 0.3) is 5.91 Å². The van der Waals surface area contributed by atoms with Crippen LogP contribution in [-0.4, -0.2) is 95.8 Å². The van der Waals surface area contributed by atoms with Crippen LogP contribution >= 0.6 is 11.6 Å². The smallest absolute Gasteiger partial charge is 0.257 e. The number of carbonyl (C=O) groups excluding carboxylic acids is 1. The van der Waals surface area contributed by atoms with Crippen LogP contribution in [0.15, 0.2) is 24.4 Å². The monoisotopic (exact) mass is 630 g/mol. The molecule has 0 unspecified atom stereocenters. The molecule has 0 spiro atoms. The molecule has 0 radical (unpaired) electrons. The van der Waals surface area contributed by atoms with Crippen LogP contribution in [0.3, 0.4) is 0 Å². The van der Waals surface area contributed by atoms with E-state index in [1.165, 1.54) is 23.7 Å². The number of nitrogens with one attached hydrogen (secondary N) is 1. The number of nitrogens with zero attached hydrogens (tertiary/aromatic N) is 6. The standard InChI is InChI=1S/C31H41ClF2N8O2/c1-18-15-41(16-19(2)40(18)5)28-13-24(33)27(14-26(28)36-31(43)23-12-25(35)30(34)20(3)29(23)32)42-17-21(37-38-42)6-9-39(4)22-7-10-44-11-8-22/h12-14,17-19,22H,6-11,15-16,35H2,1-5H3,(H,36,43)/t18-,19+. The Kier molecular flexibility index (Phi) is 9.74. The lowest BCUT2D eigenvalue weighted by atomic mass is 10.1. The number of anilines is 3. The van der Waals surface area contributed by atoms with Crippen molar-refractivity contribution in [3.63, 3.8) is 0 Å². The molecule has 2 fully saturated rings. The molecule has 3 aromatic rings. The summed E-state index contributed by atoms with van der Waals surface area (Å²) in [5.74, 6) is -1.76. The highest BCUT2D eigenvalue weighted by molar-refractivity contribution is 6.35. The topological polar surface area (TPSA) is 105 Å². The van der Waals surface area contributed by atoms with E-state index >= 15 is 4.39 Å². The van der Waals surface area contributed by atoms with Crippen molar-refractivity contribution in [1.82, 2.24) is 24.8 Å². The van der Waals surface area contributed by atoms with E-state index in [1.807, 2.05) is 0 Å². The van der Waals surface area contributed by atoms with Gasteiger partial charge in [-0.1, -0.05) is 16.8 Å². The molecule has 2 aliphatic heterocycles. The number of likely N-dealkylation sites (N-methyl/N-ethyl adjacent to an activating group) is 2. The van der Waals surface area contributed by atoms with E-state index in [0.717, 1.165) is 38.3 Å². The van der Waals surface area contributed by atoms with Gasteiger partial charge in [-0.05, 0) is 59.8 Å². The first kappa shape index (κ1) is 32.1. The zero-order valence-electron chi connectivity index (χ0n) is 25.9. The normalized spacial score (nSPS) is 20.0. The summed E-state index contributed by atoms with van der Waals surface area (Å²) < 4.78 is 37.0. The molecule has 0 saturated carbocycles. The van der Waals surface area contributed by atoms with Crippen molar-refractivity contribution >= 4 is 34.6 Å². The fourth-order valence-corrected chi connectivity index (χ4v) is 6.20. The number of piperazine rings is 1. The number of nitrogen functional groups attached to an aromatic ring is 1. The molecule has 2 saturated heterocycles. The highest BCUT2D eigenvalue weighted by atomic mass is 35.5. The van der Waals surface area contributed by atoms with Crippen LogP contribution in [-0.2, 0) is 11.2 Å². The summed E-state index contributed by atoms with van der Waals surface area (Å²) >= 11 is 6.37. The Morgan fingerprint density at radius 1 is 1.16 bits per heavy atom. The molecule has 1 amide bonds. The Hall–Kier alpha value is -3.32. The van der Waals surface area contributed by atoms with E-state index in [0.29, 0.717) is 36.9 Å². The lowest BCUT2D eigenvalue weighted by molar-refractivity contribution is 0.0434. The van der Waals surface area contributed by atoms with E-state index in [-0.39, 0.29) is 39.6 Å². The molecular formula is C31H41ClF2N8O2. The van der Waals surface area contributed by atoms with Gasteiger partial charge < -0.3 is 25.6 Å². The number of nitrogens with two attached hydrogens (primary N) is 1. The van der Waals surface area contributed by atoms with Gasteiger partial charge in [0.2, 0.25) is 0 Å². The molecule has 3 N–H and O–H groups in total. The summed E-state index contributed by atoms with van der Waals surface area (Å²) in [6.45, 7) is 9.24. The van der Waals surface area contributed by atoms with Crippen molar-refractivity contribution < 1.29 is 18.3 Å². The number of hydrogen-bond donors (Lipinski definition) is 2. The molecule has 0 aliphatic carbocycles. The summed E-state index contributed by atoms with van der Waals surface area (Å²) in [5, 5.41) is 11.4. The number of hydrogen-bond acceptors (Lipinski definition) is 8. The van der Waals surface area contributed by atoms with Crippen LogP contribution in [0.1, 0.15) is 48.3 Å². The molecule has 238 valence electrons. The van der Waals surface area contributed by atoms with E-state index in [9.17, 15) is 9.18 Å². The van der Waals surface area contributed by atoms with Gasteiger partial charge in [0, 0.05) is 69.0 Å². The first-order valence-electron chi connectivity index (χ1n) is 15.0. The number of carbonyl (C=O) groups is 1. The Bertz CT molecular complexity index is 1500. The average molecular weight is 631 g/mol. The van der Waals surface area contributed by atoms with Gasteiger partial charge in [-0.3, -0.25) is 9.69 Å². The minimum absolute atomic E-state index is 0.0247. The number of halogens is 3. The van der Waals surface area contributed by atoms with Gasteiger partial charge in [0.1, 0.15) is 5.69 Å². The van der Waals surface area contributed by atoms with Crippen LogP contribution in [0.4, 0.5) is 25.8 Å². The third-order valence-electron chi connectivity index (χ3n) is 9.03. The molecule has 10 nitrogen and oxygen atoms in total. The number of amides is 1. The van der Waals surface area contributed by atoms with Gasteiger partial charge in [0.15, 0.2) is 11.6 Å². The molecule has 1 aromatic heterocycles. The molecule has 2 atom stereocenters. The molecule has 2 aromatic carbocycles. The van der Waals surface area contributed by atoms with Crippen molar-refractivity contribution in [2.45, 2.75) is 58.2 Å². The molecule has 3 heterocycles. The fraction of sp³-hybridized carbons (Fsp3) is 0.516. The van der Waals surface area contributed by atoms with Crippen molar-refractivity contribution in [3.05, 3.63) is 57.9 Å². The highest BCUT2D eigenvalue weighted by Crippen LogP contribution is 2.35. The first-order valence-corrected chi connectivity index (χ1v) is 15.4. The molecule has 2 aliphatic rings. The lowest BCUT2D eigenvalue weighted by Crippen LogP contribution is -2.55. The van der Waals surface area contributed by atoms with Crippen LogP contribution in [0.2, 0.25) is 5.02 Å². The van der Waals surface area contributed by atoms with Crippen molar-refractivity contribution in [3.8, 4) is 5.69 Å². The molecule has 0 bridgehead atoms. The largest absolute Gasteiger partial charge is 0.396 e. The molecule has 13 heteroatoms. The maximum Gasteiger partial charge on any atom is 0.257 e. The predicted octanol–water partition coefficient (Wildman–Crippen LogP) is 4.52. The lowest BCUT2D eigenvalue weighted by Gasteiger charge is -2.44. The fourth-order valence-electron chi connectivity index (χ4n) is 5.97. The minimum atomic E-state index is -0.669. The zero-order valence-corrected chi connectivity index (χ0v) is 26.7. The van der Waals surface area contributed by atoms with E-state index in [2.05, 4.69) is 58.3 Å². The SMILES string of the molecule is Cc1c(F)c(N)cc(C(=O)Nc2cc(-n3cc(CCN(C)C4CCOCC4)nn3)c(F)cc2N2C[C@@H](C)N(C)[C@@H](C)C2)c1Cl. The predicted molar refractivity (Wildman–Crippen MR) is 169 cm³/mol. The Labute approximate surface area is 262 Å². The Morgan fingerprint density at radius 2 is 1.84 bits per heavy atom. The van der Waals surface area contributed by atoms with Gasteiger partial charge in [0.05, 0.1) is 39.5 Å². The van der Waals surface area contributed by atoms with Crippen LogP contribution in [0, 0.1) is 18.6 Å². The molecule has 5 rings (SSSR count). The van der Waals surface area contributed by atoms with Gasteiger partial charge >= 0.3 is 0 Å². The highest BCUT2D eigenvalue weighted by Gasteiger charge is 2.30. The minimum Gasteiger partial charge on any atom is -0.396 e. The maximum absolute atomic E-state index is 15.8. The van der Waals surface area contributed by atoms with Crippen LogP contribution in [0.25, 0.3) is 5.69 Å². The summed E-state index contributed by atoms with van der Waals surface area (Å²) in [6, 6.07) is 5.03. The van der Waals surface area contributed by atoms with E-state index in [4.69, 9.17) is 22.1 Å². The summed E-state index contributed by atoms with van der Waals surface area (Å²) in [4.78, 5) is 20.2. The zero-order chi connectivity index (χ0) is 31.7. The molecular weight excluding hydrogens is 590 g/mol. The van der Waals surface area contributed by atoms with Gasteiger partial charge in [-0.25, -0.2) is 13.5 Å². The van der Waals surface area contributed by atoms with Crippen molar-refractivity contribution in [1.29, 1.82) is 0 Å². The summed E-state index contributed by atoms with van der Waals surface area (Å²) in [7, 11) is 4.16. The van der Waals surface area contributed by atoms with E-state index in [1.54, 1.807) is 12.3 Å². The second-order valence-electron chi connectivity index (χ2n) is 12.0. The van der Waals surface area contributed by atoms with Crippen LogP contribution in [0.5, 0.6) is 0 Å². The number of benzene rings is 2. The summed E-state index contributed by atoms with van der Waals surface area (Å²) in [6.07, 6.45) is 4.35. The first-order chi connectivity index (χ1) is 20.9. The third kappa shape index (κ3) is 6.68. The molecule has 44 heavy (non-hydrogen) atoms. The van der Waals surface area contributed by atoms with Crippen LogP contribution < -0.4 is 16.0 Å². The Morgan fingerprint density at radius 3 is 2.52 bits per heavy atom. The Balaban J connectivity index is 1.45. The van der Waals surface area contributed by atoms with Gasteiger partial charge in [-0.2, -0.15) is 0 Å². The van der Waals surface area contributed by atoms with E-state index < -0.39 is 17.5 Å². The second-order valence-corrected chi connectivity index (χ2v) is 12.4. The number of aromatic nitrogens is 3. The second kappa shape index (κ2) is 13.4. The average Bonchev–Trinajstić information content (AvgIpc) is 3.49. The van der Waals surface area contributed by atoms with Crippen molar-refractivity contribution in [2.24, 2.45) is 0 Å².